The molecule has 1 heterocycles. The van der Waals surface area contributed by atoms with E-state index in [-0.39, 0.29) is 0 Å². The second-order valence-corrected chi connectivity index (χ2v) is 4.05. The van der Waals surface area contributed by atoms with Gasteiger partial charge in [0.2, 0.25) is 0 Å². The number of para-hydroxylation sites is 1. The molecular weight excluding hydrogens is 192 g/mol. The molecule has 72 valence electrons. The minimum absolute atomic E-state index is 0.631. The quantitative estimate of drug-likeness (QED) is 0.710. The van der Waals surface area contributed by atoms with Crippen LogP contribution < -0.4 is 5.36 Å². The van der Waals surface area contributed by atoms with Crippen molar-refractivity contribution in [1.29, 1.82) is 5.41 Å². The number of nitrogens with zero attached hydrogens (tertiary/aromatic N) is 1. The molecule has 0 unspecified atom stereocenters. The summed E-state index contributed by atoms with van der Waals surface area (Å²) < 4.78 is 2.07. The first-order chi connectivity index (χ1) is 6.74. The second-order valence-electron chi connectivity index (χ2n) is 3.20. The lowest BCUT2D eigenvalue weighted by Crippen LogP contribution is -2.09. The number of hydrogen-bond acceptors (Lipinski definition) is 2. The average molecular weight is 204 g/mol. The summed E-state index contributed by atoms with van der Waals surface area (Å²) in [5.41, 5.74) is 1.11. The molecule has 14 heavy (non-hydrogen) atoms. The Bertz CT molecular complexity index is 528. The van der Waals surface area contributed by atoms with Crippen LogP contribution in [0, 0.1) is 5.41 Å². The number of aryl methyl sites for hydroxylation is 1. The monoisotopic (exact) mass is 204 g/mol. The zero-order chi connectivity index (χ0) is 10.1. The minimum Gasteiger partial charge on any atom is -0.349 e. The number of rotatable bonds is 1. The van der Waals surface area contributed by atoms with Crippen molar-refractivity contribution in [2.75, 3.05) is 6.26 Å². The third-order valence-electron chi connectivity index (χ3n) is 2.33. The topological polar surface area (TPSA) is 28.8 Å². The highest BCUT2D eigenvalue weighted by molar-refractivity contribution is 7.98. The van der Waals surface area contributed by atoms with Crippen molar-refractivity contribution in [3.63, 3.8) is 0 Å². The van der Waals surface area contributed by atoms with E-state index in [1.807, 2.05) is 43.8 Å². The van der Waals surface area contributed by atoms with Gasteiger partial charge < -0.3 is 4.57 Å². The van der Waals surface area contributed by atoms with Gasteiger partial charge >= 0.3 is 0 Å². The average Bonchev–Trinajstić information content (AvgIpc) is 2.23. The number of hydrogen-bond donors (Lipinski definition) is 1. The largest absolute Gasteiger partial charge is 0.349 e. The van der Waals surface area contributed by atoms with Crippen LogP contribution in [0.25, 0.3) is 10.9 Å². The third kappa shape index (κ3) is 1.34. The number of fused-ring (bicyclic) bond motifs is 1. The van der Waals surface area contributed by atoms with Crippen molar-refractivity contribution in [1.82, 2.24) is 4.57 Å². The Balaban J connectivity index is 2.95. The Labute approximate surface area is 87.1 Å². The zero-order valence-electron chi connectivity index (χ0n) is 8.24. The van der Waals surface area contributed by atoms with Gasteiger partial charge in [0.05, 0.1) is 5.36 Å². The lowest BCUT2D eigenvalue weighted by molar-refractivity contribution is 0.915. The van der Waals surface area contributed by atoms with Crippen LogP contribution in [0.1, 0.15) is 0 Å². The van der Waals surface area contributed by atoms with E-state index in [0.717, 1.165) is 15.8 Å². The molecule has 0 aliphatic rings. The molecule has 0 radical (unpaired) electrons. The Morgan fingerprint density at radius 2 is 2.00 bits per heavy atom. The zero-order valence-corrected chi connectivity index (χ0v) is 9.06. The fourth-order valence-electron chi connectivity index (χ4n) is 1.59. The van der Waals surface area contributed by atoms with Crippen molar-refractivity contribution in [2.45, 2.75) is 4.90 Å². The van der Waals surface area contributed by atoms with Crippen LogP contribution >= 0.6 is 11.8 Å². The molecule has 3 heteroatoms. The summed E-state index contributed by atoms with van der Waals surface area (Å²) in [6, 6.07) is 8.01. The van der Waals surface area contributed by atoms with Gasteiger partial charge in [-0.05, 0) is 12.3 Å². The van der Waals surface area contributed by atoms with E-state index in [0.29, 0.717) is 5.36 Å². The first-order valence-electron chi connectivity index (χ1n) is 4.41. The molecule has 1 aromatic heterocycles. The van der Waals surface area contributed by atoms with Gasteiger partial charge in [-0.15, -0.1) is 11.8 Å². The number of benzene rings is 1. The van der Waals surface area contributed by atoms with E-state index in [9.17, 15) is 0 Å². The van der Waals surface area contributed by atoms with E-state index in [2.05, 4.69) is 4.57 Å². The Morgan fingerprint density at radius 1 is 1.29 bits per heavy atom. The molecular formula is C11H12N2S. The fourth-order valence-corrected chi connectivity index (χ4v) is 2.17. The van der Waals surface area contributed by atoms with Gasteiger partial charge in [0, 0.05) is 29.0 Å². The van der Waals surface area contributed by atoms with Crippen molar-refractivity contribution < 1.29 is 0 Å². The van der Waals surface area contributed by atoms with Gasteiger partial charge in [-0.2, -0.15) is 0 Å². The molecule has 1 aromatic carbocycles. The molecule has 0 saturated carbocycles. The predicted octanol–water partition coefficient (Wildman–Crippen LogP) is 2.38. The summed E-state index contributed by atoms with van der Waals surface area (Å²) in [4.78, 5) is 1.02. The second kappa shape index (κ2) is 3.50. The molecule has 0 spiro atoms. The molecule has 0 amide bonds. The summed E-state index contributed by atoms with van der Waals surface area (Å²) >= 11 is 1.62. The van der Waals surface area contributed by atoms with Crippen molar-refractivity contribution in [2.24, 2.45) is 7.05 Å². The summed E-state index contributed by atoms with van der Waals surface area (Å²) in [6.07, 6.45) is 4.01. The van der Waals surface area contributed by atoms with E-state index >= 15 is 0 Å². The van der Waals surface area contributed by atoms with Gasteiger partial charge in [0.1, 0.15) is 0 Å². The number of aromatic nitrogens is 1. The van der Waals surface area contributed by atoms with E-state index in [1.165, 1.54) is 0 Å². The van der Waals surface area contributed by atoms with Crippen LogP contribution in [0.4, 0.5) is 0 Å². The fraction of sp³-hybridized carbons (Fsp3) is 0.182. The van der Waals surface area contributed by atoms with Gasteiger partial charge in [-0.1, -0.05) is 18.2 Å². The van der Waals surface area contributed by atoms with Gasteiger partial charge in [-0.25, -0.2) is 0 Å². The normalized spacial score (nSPS) is 10.7. The Hall–Kier alpha value is -1.22. The lowest BCUT2D eigenvalue weighted by Gasteiger charge is -2.08. The molecule has 2 rings (SSSR count). The molecule has 0 aliphatic heterocycles. The summed E-state index contributed by atoms with van der Waals surface area (Å²) in [6.45, 7) is 0. The van der Waals surface area contributed by atoms with Crippen LogP contribution in [-0.2, 0) is 7.05 Å². The standard InChI is InChI=1S/C11H12N2S/c1-13-7-10(14-2)11(12)8-5-3-4-6-9(8)13/h3-7,12H,1-2H3. The smallest absolute Gasteiger partial charge is 0.0783 e. The van der Waals surface area contributed by atoms with Crippen LogP contribution in [0.5, 0.6) is 0 Å². The molecule has 2 nitrogen and oxygen atoms in total. The minimum atomic E-state index is 0.631. The highest BCUT2D eigenvalue weighted by atomic mass is 32.2. The van der Waals surface area contributed by atoms with Crippen LogP contribution in [0.2, 0.25) is 0 Å². The first-order valence-corrected chi connectivity index (χ1v) is 5.63. The van der Waals surface area contributed by atoms with Crippen molar-refractivity contribution in [3.8, 4) is 0 Å². The Kier molecular flexibility index (Phi) is 2.33. The molecule has 0 saturated heterocycles. The van der Waals surface area contributed by atoms with Gasteiger partial charge in [0.15, 0.2) is 0 Å². The first kappa shape index (κ1) is 9.34. The van der Waals surface area contributed by atoms with E-state index in [4.69, 9.17) is 5.41 Å². The van der Waals surface area contributed by atoms with Crippen molar-refractivity contribution >= 4 is 22.7 Å². The summed E-state index contributed by atoms with van der Waals surface area (Å²) in [5, 5.41) is 9.65. The number of thioether (sulfide) groups is 1. The number of nitrogens with one attached hydrogen (secondary N) is 1. The molecule has 1 N–H and O–H groups in total. The number of pyridine rings is 1. The maximum Gasteiger partial charge on any atom is 0.0783 e. The van der Waals surface area contributed by atoms with Gasteiger partial charge in [-0.3, -0.25) is 5.41 Å². The van der Waals surface area contributed by atoms with Crippen LogP contribution in [0.15, 0.2) is 35.4 Å². The van der Waals surface area contributed by atoms with Crippen molar-refractivity contribution in [3.05, 3.63) is 35.8 Å². The van der Waals surface area contributed by atoms with Crippen LogP contribution in [-0.4, -0.2) is 10.8 Å². The van der Waals surface area contributed by atoms with Gasteiger partial charge in [0.25, 0.3) is 0 Å². The van der Waals surface area contributed by atoms with E-state index in [1.54, 1.807) is 11.8 Å². The molecule has 0 bridgehead atoms. The SMILES string of the molecule is CSc1cn(C)c2ccccc2c1=N. The highest BCUT2D eigenvalue weighted by Crippen LogP contribution is 2.15. The summed E-state index contributed by atoms with van der Waals surface area (Å²) in [7, 11) is 2.02. The Morgan fingerprint density at radius 3 is 2.71 bits per heavy atom. The maximum atomic E-state index is 8.00. The summed E-state index contributed by atoms with van der Waals surface area (Å²) in [5.74, 6) is 0. The molecule has 2 aromatic rings. The van der Waals surface area contributed by atoms with E-state index < -0.39 is 0 Å². The molecule has 0 atom stereocenters. The lowest BCUT2D eigenvalue weighted by atomic mass is 10.2. The predicted molar refractivity (Wildman–Crippen MR) is 60.6 cm³/mol. The third-order valence-corrected chi connectivity index (χ3v) is 3.08. The maximum absolute atomic E-state index is 8.00. The van der Waals surface area contributed by atoms with Crippen LogP contribution in [0.3, 0.4) is 0 Å². The molecule has 0 fully saturated rings. The molecule has 0 aliphatic carbocycles. The highest BCUT2D eigenvalue weighted by Gasteiger charge is 2.01.